The predicted molar refractivity (Wildman–Crippen MR) is 76.4 cm³/mol. The highest BCUT2D eigenvalue weighted by Crippen LogP contribution is 2.29. The Hall–Kier alpha value is -1.43. The van der Waals surface area contributed by atoms with Crippen LogP contribution >= 0.6 is 11.3 Å². The average Bonchev–Trinajstić information content (AvgIpc) is 2.96. The van der Waals surface area contributed by atoms with E-state index in [9.17, 15) is 4.39 Å². The summed E-state index contributed by atoms with van der Waals surface area (Å²) in [5, 5.41) is 5.43. The summed E-state index contributed by atoms with van der Waals surface area (Å²) in [4.78, 5) is 1.30. The van der Waals surface area contributed by atoms with Crippen LogP contribution in [0, 0.1) is 5.82 Å². The number of rotatable bonds is 5. The van der Waals surface area contributed by atoms with Crippen LogP contribution in [0.4, 0.5) is 4.39 Å². The Morgan fingerprint density at radius 1 is 1.35 bits per heavy atom. The number of halogens is 1. The fourth-order valence-electron chi connectivity index (χ4n) is 2.29. The second kappa shape index (κ2) is 6.35. The lowest BCUT2D eigenvalue weighted by molar-refractivity contribution is -0.0172. The van der Waals surface area contributed by atoms with Crippen LogP contribution in [0.2, 0.25) is 0 Å². The maximum Gasteiger partial charge on any atom is 0.189 e. The molecule has 0 radical (unpaired) electrons. The van der Waals surface area contributed by atoms with E-state index in [1.807, 2.05) is 6.07 Å². The van der Waals surface area contributed by atoms with Gasteiger partial charge in [-0.2, -0.15) is 0 Å². The van der Waals surface area contributed by atoms with Gasteiger partial charge in [0.1, 0.15) is 11.6 Å². The first-order valence-electron chi connectivity index (χ1n) is 6.58. The molecule has 0 bridgehead atoms. The van der Waals surface area contributed by atoms with Crippen molar-refractivity contribution in [3.63, 3.8) is 0 Å². The van der Waals surface area contributed by atoms with Crippen LogP contribution in [0.1, 0.15) is 16.0 Å². The molecule has 2 heterocycles. The van der Waals surface area contributed by atoms with E-state index in [1.54, 1.807) is 17.4 Å². The topological polar surface area (TPSA) is 30.5 Å². The SMILES string of the molecule is Fc1cc(CCNCc2cccs2)c2c(c1)COCO2. The standard InChI is InChI=1S/C15H16FNO2S/c16-13-6-11(15-12(7-13)9-18-10-19-15)3-4-17-8-14-2-1-5-20-14/h1-2,5-7,17H,3-4,8-10H2. The van der Waals surface area contributed by atoms with Gasteiger partial charge in [-0.1, -0.05) is 6.07 Å². The van der Waals surface area contributed by atoms with Crippen molar-refractivity contribution in [1.29, 1.82) is 0 Å². The monoisotopic (exact) mass is 293 g/mol. The molecule has 1 N–H and O–H groups in total. The molecule has 2 aromatic rings. The van der Waals surface area contributed by atoms with Crippen LogP contribution in [-0.4, -0.2) is 13.3 Å². The number of benzene rings is 1. The molecule has 5 heteroatoms. The van der Waals surface area contributed by atoms with Gasteiger partial charge < -0.3 is 14.8 Å². The Balaban J connectivity index is 1.60. The Kier molecular flexibility index (Phi) is 4.30. The summed E-state index contributed by atoms with van der Waals surface area (Å²) in [5.41, 5.74) is 1.70. The van der Waals surface area contributed by atoms with E-state index in [0.29, 0.717) is 6.61 Å². The van der Waals surface area contributed by atoms with E-state index in [-0.39, 0.29) is 12.6 Å². The van der Waals surface area contributed by atoms with E-state index in [1.165, 1.54) is 10.9 Å². The fourth-order valence-corrected chi connectivity index (χ4v) is 2.96. The molecule has 0 fully saturated rings. The molecule has 1 aliphatic heterocycles. The summed E-state index contributed by atoms with van der Waals surface area (Å²) in [6.45, 7) is 2.30. The van der Waals surface area contributed by atoms with Crippen LogP contribution in [0.15, 0.2) is 29.6 Å². The van der Waals surface area contributed by atoms with E-state index < -0.39 is 0 Å². The van der Waals surface area contributed by atoms with Gasteiger partial charge in [-0.15, -0.1) is 11.3 Å². The number of hydrogen-bond acceptors (Lipinski definition) is 4. The summed E-state index contributed by atoms with van der Waals surface area (Å²) < 4.78 is 24.2. The first kappa shape index (κ1) is 13.5. The molecule has 0 spiro atoms. The van der Waals surface area contributed by atoms with E-state index >= 15 is 0 Å². The highest BCUT2D eigenvalue weighted by molar-refractivity contribution is 7.09. The highest BCUT2D eigenvalue weighted by atomic mass is 32.1. The maximum absolute atomic E-state index is 13.6. The quantitative estimate of drug-likeness (QED) is 0.859. The number of hydrogen-bond donors (Lipinski definition) is 1. The minimum absolute atomic E-state index is 0.230. The highest BCUT2D eigenvalue weighted by Gasteiger charge is 2.16. The van der Waals surface area contributed by atoms with Gasteiger partial charge in [-0.3, -0.25) is 0 Å². The van der Waals surface area contributed by atoms with Crippen molar-refractivity contribution in [2.75, 3.05) is 13.3 Å². The molecule has 0 unspecified atom stereocenters. The van der Waals surface area contributed by atoms with Gasteiger partial charge >= 0.3 is 0 Å². The fraction of sp³-hybridized carbons (Fsp3) is 0.333. The molecule has 0 saturated heterocycles. The summed E-state index contributed by atoms with van der Waals surface area (Å²) >= 11 is 1.73. The second-order valence-electron chi connectivity index (χ2n) is 4.67. The van der Waals surface area contributed by atoms with Gasteiger partial charge in [0.05, 0.1) is 6.61 Å². The van der Waals surface area contributed by atoms with E-state index in [4.69, 9.17) is 9.47 Å². The van der Waals surface area contributed by atoms with Crippen molar-refractivity contribution in [1.82, 2.24) is 5.32 Å². The van der Waals surface area contributed by atoms with Gasteiger partial charge in [-0.05, 0) is 42.1 Å². The molecule has 1 aromatic heterocycles. The van der Waals surface area contributed by atoms with Crippen LogP contribution in [0.5, 0.6) is 5.75 Å². The zero-order valence-electron chi connectivity index (χ0n) is 11.0. The van der Waals surface area contributed by atoms with Crippen molar-refractivity contribution < 1.29 is 13.9 Å². The predicted octanol–water partition coefficient (Wildman–Crippen LogP) is 3.09. The lowest BCUT2D eigenvalue weighted by atomic mass is 10.1. The van der Waals surface area contributed by atoms with Gasteiger partial charge in [0, 0.05) is 17.0 Å². The van der Waals surface area contributed by atoms with E-state index in [2.05, 4.69) is 16.8 Å². The first-order chi connectivity index (χ1) is 9.83. The van der Waals surface area contributed by atoms with Gasteiger partial charge in [0.15, 0.2) is 6.79 Å². The van der Waals surface area contributed by atoms with Crippen LogP contribution < -0.4 is 10.1 Å². The lowest BCUT2D eigenvalue weighted by Crippen LogP contribution is -2.18. The molecule has 0 aliphatic carbocycles. The van der Waals surface area contributed by atoms with Crippen molar-refractivity contribution in [2.24, 2.45) is 0 Å². The molecular weight excluding hydrogens is 277 g/mol. The zero-order chi connectivity index (χ0) is 13.8. The van der Waals surface area contributed by atoms with Crippen molar-refractivity contribution in [3.05, 3.63) is 51.5 Å². The third-order valence-corrected chi connectivity index (χ3v) is 4.08. The molecule has 0 amide bonds. The minimum atomic E-state index is -0.230. The van der Waals surface area contributed by atoms with Crippen LogP contribution in [0.3, 0.4) is 0 Å². The molecule has 106 valence electrons. The van der Waals surface area contributed by atoms with Gasteiger partial charge in [0.2, 0.25) is 0 Å². The average molecular weight is 293 g/mol. The van der Waals surface area contributed by atoms with Crippen molar-refractivity contribution >= 4 is 11.3 Å². The van der Waals surface area contributed by atoms with Gasteiger partial charge in [0.25, 0.3) is 0 Å². The number of nitrogens with one attached hydrogen (secondary N) is 1. The third kappa shape index (κ3) is 3.17. The number of fused-ring (bicyclic) bond motifs is 1. The van der Waals surface area contributed by atoms with Crippen molar-refractivity contribution in [2.45, 2.75) is 19.6 Å². The molecule has 0 atom stereocenters. The Bertz CT molecular complexity index is 572. The molecule has 3 nitrogen and oxygen atoms in total. The summed E-state index contributed by atoms with van der Waals surface area (Å²) in [6.07, 6.45) is 0.742. The Labute approximate surface area is 121 Å². The third-order valence-electron chi connectivity index (χ3n) is 3.20. The number of thiophene rings is 1. The van der Waals surface area contributed by atoms with Crippen LogP contribution in [-0.2, 0) is 24.3 Å². The molecule has 0 saturated carbocycles. The summed E-state index contributed by atoms with van der Waals surface area (Å²) in [7, 11) is 0. The van der Waals surface area contributed by atoms with Crippen LogP contribution in [0.25, 0.3) is 0 Å². The Morgan fingerprint density at radius 2 is 2.30 bits per heavy atom. The largest absolute Gasteiger partial charge is 0.467 e. The molecular formula is C15H16FNO2S. The van der Waals surface area contributed by atoms with Gasteiger partial charge in [-0.25, -0.2) is 4.39 Å². The smallest absolute Gasteiger partial charge is 0.189 e. The molecule has 3 rings (SSSR count). The maximum atomic E-state index is 13.6. The van der Waals surface area contributed by atoms with Crippen molar-refractivity contribution in [3.8, 4) is 5.75 Å². The minimum Gasteiger partial charge on any atom is -0.467 e. The molecule has 1 aliphatic rings. The van der Waals surface area contributed by atoms with E-state index in [0.717, 1.165) is 36.4 Å². The normalized spacial score (nSPS) is 13.8. The second-order valence-corrected chi connectivity index (χ2v) is 5.70. The summed E-state index contributed by atoms with van der Waals surface area (Å²) in [5.74, 6) is 0.557. The Morgan fingerprint density at radius 3 is 3.15 bits per heavy atom. The first-order valence-corrected chi connectivity index (χ1v) is 7.46. The molecule has 20 heavy (non-hydrogen) atoms. The lowest BCUT2D eigenvalue weighted by Gasteiger charge is -2.20. The zero-order valence-corrected chi connectivity index (χ0v) is 11.8. The number of ether oxygens (including phenoxy) is 2. The molecule has 1 aromatic carbocycles. The summed E-state index contributed by atoms with van der Waals surface area (Å²) in [6, 6.07) is 7.18.